The van der Waals surface area contributed by atoms with Gasteiger partial charge in [-0.25, -0.2) is 8.42 Å². The van der Waals surface area contributed by atoms with Crippen LogP contribution in [0.1, 0.15) is 18.7 Å². The summed E-state index contributed by atoms with van der Waals surface area (Å²) >= 11 is 1.13. The van der Waals surface area contributed by atoms with Crippen LogP contribution in [-0.4, -0.2) is 40.0 Å². The van der Waals surface area contributed by atoms with Gasteiger partial charge < -0.3 is 15.4 Å². The van der Waals surface area contributed by atoms with Crippen molar-refractivity contribution in [1.29, 1.82) is 5.26 Å². The Hall–Kier alpha value is -1.30. The van der Waals surface area contributed by atoms with Crippen molar-refractivity contribution < 1.29 is 13.2 Å². The van der Waals surface area contributed by atoms with Crippen molar-refractivity contribution in [3.63, 3.8) is 0 Å². The maximum Gasteiger partial charge on any atom is 0.180 e. The van der Waals surface area contributed by atoms with E-state index in [2.05, 4.69) is 0 Å². The van der Waals surface area contributed by atoms with E-state index in [9.17, 15) is 8.42 Å². The lowest BCUT2D eigenvalue weighted by molar-refractivity contribution is -0.0276. The molecule has 0 atom stereocenters. The van der Waals surface area contributed by atoms with Crippen LogP contribution in [0.15, 0.2) is 4.90 Å². The minimum Gasteiger partial charge on any atom is -0.396 e. The number of hydrogen-bond acceptors (Lipinski definition) is 7. The van der Waals surface area contributed by atoms with Crippen molar-refractivity contribution in [1.82, 2.24) is 0 Å². The van der Waals surface area contributed by atoms with Gasteiger partial charge in [-0.15, -0.1) is 11.3 Å². The molecule has 1 aliphatic heterocycles. The molecule has 0 bridgehead atoms. The Morgan fingerprint density at radius 3 is 2.65 bits per heavy atom. The Balaban J connectivity index is 2.55. The van der Waals surface area contributed by atoms with E-state index in [4.69, 9.17) is 15.7 Å². The predicted molar refractivity (Wildman–Crippen MR) is 78.8 cm³/mol. The Kier molecular flexibility index (Phi) is 3.71. The van der Waals surface area contributed by atoms with E-state index in [1.165, 1.54) is 0 Å². The first kappa shape index (κ1) is 15.1. The van der Waals surface area contributed by atoms with Gasteiger partial charge in [-0.3, -0.25) is 0 Å². The molecule has 1 aliphatic rings. The molecule has 2 rings (SSSR count). The third-order valence-corrected chi connectivity index (χ3v) is 5.52. The first-order valence-electron chi connectivity index (χ1n) is 6.07. The molecular weight excluding hydrogens is 298 g/mol. The summed E-state index contributed by atoms with van der Waals surface area (Å²) in [6.07, 6.45) is 1.11. The number of ether oxygens (including phenoxy) is 1. The highest BCUT2D eigenvalue weighted by Gasteiger charge is 2.33. The van der Waals surface area contributed by atoms with Crippen molar-refractivity contribution >= 4 is 31.9 Å². The van der Waals surface area contributed by atoms with Crippen LogP contribution in [0.3, 0.4) is 0 Å². The van der Waals surface area contributed by atoms with Gasteiger partial charge in [0.25, 0.3) is 0 Å². The molecular formula is C12H17N3O3S2. The second-order valence-corrected chi connectivity index (χ2v) is 8.34. The number of nitrogens with two attached hydrogens (primary N) is 1. The van der Waals surface area contributed by atoms with Crippen molar-refractivity contribution in [3.05, 3.63) is 4.88 Å². The van der Waals surface area contributed by atoms with Crippen LogP contribution in [0.5, 0.6) is 0 Å². The molecule has 20 heavy (non-hydrogen) atoms. The lowest BCUT2D eigenvalue weighted by Gasteiger charge is -2.39. The number of nitrogens with zero attached hydrogens (tertiary/aromatic N) is 2. The summed E-state index contributed by atoms with van der Waals surface area (Å²) in [4.78, 5) is 2.24. The first-order valence-corrected chi connectivity index (χ1v) is 8.78. The summed E-state index contributed by atoms with van der Waals surface area (Å²) < 4.78 is 29.6. The van der Waals surface area contributed by atoms with Crippen LogP contribution in [0.2, 0.25) is 0 Å². The van der Waals surface area contributed by atoms with Crippen molar-refractivity contribution in [2.24, 2.45) is 0 Å². The maximum absolute atomic E-state index is 12.0. The summed E-state index contributed by atoms with van der Waals surface area (Å²) in [5.74, 6) is 0. The van der Waals surface area contributed by atoms with Gasteiger partial charge in [0.05, 0.1) is 17.9 Å². The molecule has 1 aromatic heterocycles. The van der Waals surface area contributed by atoms with Gasteiger partial charge in [0.2, 0.25) is 0 Å². The molecule has 0 radical (unpaired) electrons. The third kappa shape index (κ3) is 2.75. The van der Waals surface area contributed by atoms with E-state index in [-0.39, 0.29) is 21.1 Å². The third-order valence-electron chi connectivity index (χ3n) is 3.07. The zero-order chi connectivity index (χ0) is 15.1. The summed E-state index contributed by atoms with van der Waals surface area (Å²) in [7, 11) is -3.49. The minimum absolute atomic E-state index is 0.0549. The molecule has 0 aromatic carbocycles. The number of nitriles is 1. The van der Waals surface area contributed by atoms with Gasteiger partial charge in [-0.2, -0.15) is 5.26 Å². The molecule has 110 valence electrons. The van der Waals surface area contributed by atoms with E-state index in [0.717, 1.165) is 17.6 Å². The highest BCUT2D eigenvalue weighted by Crippen LogP contribution is 2.42. The van der Waals surface area contributed by atoms with Crippen LogP contribution in [0, 0.1) is 11.3 Å². The second kappa shape index (κ2) is 4.91. The number of anilines is 2. The highest BCUT2D eigenvalue weighted by atomic mass is 32.2. The van der Waals surface area contributed by atoms with E-state index in [1.807, 2.05) is 24.8 Å². The highest BCUT2D eigenvalue weighted by molar-refractivity contribution is 7.91. The Bertz CT molecular complexity index is 671. The van der Waals surface area contributed by atoms with Crippen LogP contribution in [0.4, 0.5) is 10.7 Å². The molecule has 0 amide bonds. The lowest BCUT2D eigenvalue weighted by atomic mass is 10.1. The fraction of sp³-hybridized carbons (Fsp3) is 0.583. The lowest BCUT2D eigenvalue weighted by Crippen LogP contribution is -2.48. The SMILES string of the molecule is CC1(C)CN(c2sc(C#N)c(N)c2S(C)(=O)=O)CCO1. The fourth-order valence-electron chi connectivity index (χ4n) is 2.26. The average Bonchev–Trinajstić information content (AvgIpc) is 2.64. The number of morpholine rings is 1. The molecule has 1 saturated heterocycles. The van der Waals surface area contributed by atoms with Gasteiger partial charge in [-0.05, 0) is 13.8 Å². The van der Waals surface area contributed by atoms with Crippen molar-refractivity contribution in [2.45, 2.75) is 24.3 Å². The van der Waals surface area contributed by atoms with Crippen LogP contribution < -0.4 is 10.6 Å². The minimum atomic E-state index is -3.49. The van der Waals surface area contributed by atoms with E-state index in [0.29, 0.717) is 24.7 Å². The van der Waals surface area contributed by atoms with Gasteiger partial charge in [0.1, 0.15) is 20.8 Å². The number of sulfone groups is 1. The van der Waals surface area contributed by atoms with E-state index >= 15 is 0 Å². The number of rotatable bonds is 2. The van der Waals surface area contributed by atoms with Gasteiger partial charge >= 0.3 is 0 Å². The summed E-state index contributed by atoms with van der Waals surface area (Å²) in [6.45, 7) is 5.54. The Morgan fingerprint density at radius 2 is 2.15 bits per heavy atom. The second-order valence-electron chi connectivity index (χ2n) is 5.39. The van der Waals surface area contributed by atoms with E-state index < -0.39 is 9.84 Å². The largest absolute Gasteiger partial charge is 0.396 e. The van der Waals surface area contributed by atoms with E-state index in [1.54, 1.807) is 0 Å². The maximum atomic E-state index is 12.0. The average molecular weight is 315 g/mol. The molecule has 8 heteroatoms. The standard InChI is InChI=1S/C12H17N3O3S2/c1-12(2)7-15(4-5-18-12)11-10(20(3,16)17)9(14)8(6-13)19-11/h4-5,7,14H2,1-3H3. The monoisotopic (exact) mass is 315 g/mol. The normalized spacial score (nSPS) is 18.8. The van der Waals surface area contributed by atoms with Gasteiger partial charge in [0.15, 0.2) is 9.84 Å². The Labute approximate surface area is 122 Å². The van der Waals surface area contributed by atoms with Crippen molar-refractivity contribution in [2.75, 3.05) is 36.6 Å². The molecule has 6 nitrogen and oxygen atoms in total. The number of thiophene rings is 1. The smallest absolute Gasteiger partial charge is 0.180 e. The van der Waals surface area contributed by atoms with Crippen molar-refractivity contribution in [3.8, 4) is 6.07 Å². The molecule has 0 unspecified atom stereocenters. The van der Waals surface area contributed by atoms with Gasteiger partial charge in [0, 0.05) is 19.3 Å². The predicted octanol–water partition coefficient (Wildman–Crippen LogP) is 1.22. The zero-order valence-electron chi connectivity index (χ0n) is 11.6. The molecule has 2 heterocycles. The first-order chi connectivity index (χ1) is 9.15. The molecule has 0 aliphatic carbocycles. The van der Waals surface area contributed by atoms with Gasteiger partial charge in [-0.1, -0.05) is 0 Å². The number of nitrogen functional groups attached to an aromatic ring is 1. The topological polar surface area (TPSA) is 96.4 Å². The van der Waals surface area contributed by atoms with Crippen LogP contribution >= 0.6 is 11.3 Å². The fourth-order valence-corrected chi connectivity index (χ4v) is 4.79. The molecule has 1 aromatic rings. The Morgan fingerprint density at radius 1 is 1.50 bits per heavy atom. The van der Waals surface area contributed by atoms with Crippen LogP contribution in [0.25, 0.3) is 0 Å². The summed E-state index contributed by atoms with van der Waals surface area (Å²) in [6, 6.07) is 1.96. The summed E-state index contributed by atoms with van der Waals surface area (Å²) in [5.41, 5.74) is 5.52. The molecule has 1 fully saturated rings. The van der Waals surface area contributed by atoms with Crippen LogP contribution in [-0.2, 0) is 14.6 Å². The summed E-state index contributed by atoms with van der Waals surface area (Å²) in [5, 5.41) is 9.61. The quantitative estimate of drug-likeness (QED) is 0.881. The molecule has 0 saturated carbocycles. The zero-order valence-corrected chi connectivity index (χ0v) is 13.3. The molecule has 2 N–H and O–H groups in total. The number of hydrogen-bond donors (Lipinski definition) is 1. The molecule has 0 spiro atoms.